The number of rotatable bonds is 4. The monoisotopic (exact) mass is 246 g/mol. The standard InChI is InChI=1S/C11H14N6O/c1-8(12)6-11(18)14-9-4-2-3-5-10(9)17-7-13-15-16-17/h2-5,7-8H,6,12H2,1H3,(H,14,18). The first-order valence-electron chi connectivity index (χ1n) is 5.54. The lowest BCUT2D eigenvalue weighted by Gasteiger charge is -2.11. The van der Waals surface area contributed by atoms with Crippen LogP contribution >= 0.6 is 0 Å². The van der Waals surface area contributed by atoms with Crippen molar-refractivity contribution in [3.05, 3.63) is 30.6 Å². The smallest absolute Gasteiger partial charge is 0.225 e. The van der Waals surface area contributed by atoms with E-state index in [1.165, 1.54) is 11.0 Å². The third kappa shape index (κ3) is 2.89. The van der Waals surface area contributed by atoms with Gasteiger partial charge < -0.3 is 11.1 Å². The summed E-state index contributed by atoms with van der Waals surface area (Å²) in [7, 11) is 0. The molecule has 0 spiro atoms. The molecular weight excluding hydrogens is 232 g/mol. The molecule has 0 fully saturated rings. The van der Waals surface area contributed by atoms with Crippen LogP contribution in [0.3, 0.4) is 0 Å². The van der Waals surface area contributed by atoms with Crippen molar-refractivity contribution in [3.8, 4) is 5.69 Å². The van der Waals surface area contributed by atoms with Crippen molar-refractivity contribution in [1.29, 1.82) is 0 Å². The van der Waals surface area contributed by atoms with Crippen LogP contribution in [-0.2, 0) is 4.79 Å². The molecule has 1 unspecified atom stereocenters. The fourth-order valence-corrected chi connectivity index (χ4v) is 1.54. The Morgan fingerprint density at radius 3 is 2.94 bits per heavy atom. The second kappa shape index (κ2) is 5.37. The summed E-state index contributed by atoms with van der Waals surface area (Å²) in [5.74, 6) is -0.134. The summed E-state index contributed by atoms with van der Waals surface area (Å²) in [5, 5.41) is 13.7. The second-order valence-corrected chi connectivity index (χ2v) is 4.00. The summed E-state index contributed by atoms with van der Waals surface area (Å²) in [6, 6.07) is 7.10. The molecule has 1 aromatic heterocycles. The van der Waals surface area contributed by atoms with Crippen LogP contribution in [0.4, 0.5) is 5.69 Å². The van der Waals surface area contributed by atoms with E-state index < -0.39 is 0 Å². The minimum Gasteiger partial charge on any atom is -0.327 e. The van der Waals surface area contributed by atoms with Crippen molar-refractivity contribution < 1.29 is 4.79 Å². The van der Waals surface area contributed by atoms with Gasteiger partial charge in [-0.3, -0.25) is 4.79 Å². The molecule has 94 valence electrons. The van der Waals surface area contributed by atoms with Crippen molar-refractivity contribution in [2.75, 3.05) is 5.32 Å². The predicted molar refractivity (Wildman–Crippen MR) is 66.1 cm³/mol. The zero-order valence-electron chi connectivity index (χ0n) is 9.95. The summed E-state index contributed by atoms with van der Waals surface area (Å²) in [6.45, 7) is 1.78. The summed E-state index contributed by atoms with van der Waals surface area (Å²) in [5.41, 5.74) is 6.94. The second-order valence-electron chi connectivity index (χ2n) is 4.00. The lowest BCUT2D eigenvalue weighted by atomic mass is 10.2. The minimum absolute atomic E-state index is 0.134. The molecule has 7 nitrogen and oxygen atoms in total. The summed E-state index contributed by atoms with van der Waals surface area (Å²) in [4.78, 5) is 11.7. The Bertz CT molecular complexity index is 522. The van der Waals surface area contributed by atoms with Gasteiger partial charge in [0, 0.05) is 12.5 Å². The van der Waals surface area contributed by atoms with Gasteiger partial charge in [-0.25, -0.2) is 0 Å². The number of hydrogen-bond acceptors (Lipinski definition) is 5. The number of hydrogen-bond donors (Lipinski definition) is 2. The van der Waals surface area contributed by atoms with Crippen molar-refractivity contribution >= 4 is 11.6 Å². The lowest BCUT2D eigenvalue weighted by Crippen LogP contribution is -2.24. The lowest BCUT2D eigenvalue weighted by molar-refractivity contribution is -0.116. The SMILES string of the molecule is CC(N)CC(=O)Nc1ccccc1-n1cnnn1. The number of carbonyl (C=O) groups excluding carboxylic acids is 1. The Hall–Kier alpha value is -2.28. The van der Waals surface area contributed by atoms with Gasteiger partial charge in [-0.05, 0) is 29.5 Å². The van der Waals surface area contributed by atoms with E-state index in [0.717, 1.165) is 0 Å². The molecule has 0 aliphatic carbocycles. The molecule has 2 rings (SSSR count). The Labute approximate surface area is 104 Å². The highest BCUT2D eigenvalue weighted by Crippen LogP contribution is 2.18. The van der Waals surface area contributed by atoms with Gasteiger partial charge in [-0.2, -0.15) is 4.68 Å². The third-order valence-electron chi connectivity index (χ3n) is 2.28. The quantitative estimate of drug-likeness (QED) is 0.810. The molecule has 18 heavy (non-hydrogen) atoms. The molecule has 0 aliphatic rings. The number of carbonyl (C=O) groups is 1. The van der Waals surface area contributed by atoms with Crippen molar-refractivity contribution in [1.82, 2.24) is 20.2 Å². The average molecular weight is 246 g/mol. The summed E-state index contributed by atoms with van der Waals surface area (Å²) < 4.78 is 1.49. The highest BCUT2D eigenvalue weighted by atomic mass is 16.1. The van der Waals surface area contributed by atoms with Crippen molar-refractivity contribution in [2.24, 2.45) is 5.73 Å². The first-order valence-corrected chi connectivity index (χ1v) is 5.54. The van der Waals surface area contributed by atoms with E-state index in [4.69, 9.17) is 5.73 Å². The number of nitrogens with zero attached hydrogens (tertiary/aromatic N) is 4. The van der Waals surface area contributed by atoms with E-state index in [9.17, 15) is 4.79 Å². The number of nitrogens with two attached hydrogens (primary N) is 1. The van der Waals surface area contributed by atoms with Crippen LogP contribution in [0.5, 0.6) is 0 Å². The zero-order chi connectivity index (χ0) is 13.0. The van der Waals surface area contributed by atoms with Gasteiger partial charge in [-0.1, -0.05) is 12.1 Å². The highest BCUT2D eigenvalue weighted by Gasteiger charge is 2.10. The van der Waals surface area contributed by atoms with E-state index in [1.807, 2.05) is 18.2 Å². The topological polar surface area (TPSA) is 98.7 Å². The Balaban J connectivity index is 2.21. The number of aromatic nitrogens is 4. The molecule has 0 radical (unpaired) electrons. The highest BCUT2D eigenvalue weighted by molar-refractivity contribution is 5.93. The van der Waals surface area contributed by atoms with Gasteiger partial charge in [0.2, 0.25) is 5.91 Å². The van der Waals surface area contributed by atoms with Gasteiger partial charge >= 0.3 is 0 Å². The first-order chi connectivity index (χ1) is 8.66. The van der Waals surface area contributed by atoms with E-state index >= 15 is 0 Å². The number of anilines is 1. The molecule has 0 saturated heterocycles. The Morgan fingerprint density at radius 2 is 2.28 bits per heavy atom. The maximum Gasteiger partial charge on any atom is 0.225 e. The van der Waals surface area contributed by atoms with Gasteiger partial charge in [-0.15, -0.1) is 5.10 Å². The van der Waals surface area contributed by atoms with E-state index in [0.29, 0.717) is 11.4 Å². The Morgan fingerprint density at radius 1 is 1.50 bits per heavy atom. The molecule has 1 heterocycles. The summed E-state index contributed by atoms with van der Waals surface area (Å²) >= 11 is 0. The van der Waals surface area contributed by atoms with E-state index in [1.54, 1.807) is 13.0 Å². The molecule has 7 heteroatoms. The van der Waals surface area contributed by atoms with E-state index in [2.05, 4.69) is 20.8 Å². The molecule has 3 N–H and O–H groups in total. The van der Waals surface area contributed by atoms with Crippen LogP contribution in [0.15, 0.2) is 30.6 Å². The predicted octanol–water partition coefficient (Wildman–Crippen LogP) is 0.338. The van der Waals surface area contributed by atoms with Crippen LogP contribution in [0.1, 0.15) is 13.3 Å². The van der Waals surface area contributed by atoms with Crippen LogP contribution in [0, 0.1) is 0 Å². The molecule has 1 amide bonds. The largest absolute Gasteiger partial charge is 0.327 e. The number of nitrogens with one attached hydrogen (secondary N) is 1. The van der Waals surface area contributed by atoms with Gasteiger partial charge in [0.25, 0.3) is 0 Å². The normalized spacial score (nSPS) is 12.1. The molecule has 1 aromatic carbocycles. The number of para-hydroxylation sites is 2. The maximum atomic E-state index is 11.7. The van der Waals surface area contributed by atoms with E-state index in [-0.39, 0.29) is 18.4 Å². The molecule has 2 aromatic rings. The number of amides is 1. The molecule has 1 atom stereocenters. The number of benzene rings is 1. The fraction of sp³-hybridized carbons (Fsp3) is 0.273. The van der Waals surface area contributed by atoms with Crippen molar-refractivity contribution in [3.63, 3.8) is 0 Å². The number of tetrazole rings is 1. The van der Waals surface area contributed by atoms with Crippen LogP contribution in [-0.4, -0.2) is 32.2 Å². The third-order valence-corrected chi connectivity index (χ3v) is 2.28. The van der Waals surface area contributed by atoms with Crippen LogP contribution in [0.2, 0.25) is 0 Å². The van der Waals surface area contributed by atoms with Gasteiger partial charge in [0.15, 0.2) is 0 Å². The molecule has 0 bridgehead atoms. The summed E-state index contributed by atoms with van der Waals surface area (Å²) in [6.07, 6.45) is 1.74. The molecule has 0 saturated carbocycles. The van der Waals surface area contributed by atoms with Crippen LogP contribution < -0.4 is 11.1 Å². The Kier molecular flexibility index (Phi) is 3.63. The maximum absolute atomic E-state index is 11.7. The van der Waals surface area contributed by atoms with Gasteiger partial charge in [0.1, 0.15) is 6.33 Å². The average Bonchev–Trinajstić information content (AvgIpc) is 2.81. The van der Waals surface area contributed by atoms with Crippen LogP contribution in [0.25, 0.3) is 5.69 Å². The first kappa shape index (κ1) is 12.2. The minimum atomic E-state index is -0.176. The zero-order valence-corrected chi connectivity index (χ0v) is 9.95. The molecule has 0 aliphatic heterocycles. The molecular formula is C11H14N6O. The van der Waals surface area contributed by atoms with Gasteiger partial charge in [0.05, 0.1) is 11.4 Å². The fourth-order valence-electron chi connectivity index (χ4n) is 1.54. The van der Waals surface area contributed by atoms with Crippen molar-refractivity contribution in [2.45, 2.75) is 19.4 Å².